The Morgan fingerprint density at radius 1 is 1.45 bits per heavy atom. The molecule has 0 aliphatic carbocycles. The van der Waals surface area contributed by atoms with Crippen LogP contribution in [-0.2, 0) is 18.6 Å². The van der Waals surface area contributed by atoms with Crippen LogP contribution >= 0.6 is 7.75 Å². The number of carboxylic acid groups (broad SMARTS) is 1. The second-order valence-electron chi connectivity index (χ2n) is 7.29. The summed E-state index contributed by atoms with van der Waals surface area (Å²) in [5.74, 6) is -1.55. The van der Waals surface area contributed by atoms with E-state index in [9.17, 15) is 34.3 Å². The highest BCUT2D eigenvalue weighted by molar-refractivity contribution is 7.52. The number of H-pyrrole nitrogens is 1. The van der Waals surface area contributed by atoms with Crippen molar-refractivity contribution >= 4 is 13.7 Å². The van der Waals surface area contributed by atoms with Gasteiger partial charge in [0.15, 0.2) is 6.23 Å². The fourth-order valence-electron chi connectivity index (χ4n) is 2.93. The monoisotopic (exact) mass is 488 g/mol. The minimum absolute atomic E-state index is 0.0789. The first kappa shape index (κ1) is 20.8. The van der Waals surface area contributed by atoms with E-state index in [1.165, 1.54) is 24.3 Å². The molecule has 2 aromatic rings. The number of carboxylic acids is 1. The van der Waals surface area contributed by atoms with Gasteiger partial charge in [-0.3, -0.25) is 14.1 Å². The minimum Gasteiger partial charge on any atom is -0.480 e. The largest absolute Gasteiger partial charge is 0.480 e. The number of aromatic amines is 1. The number of nitrogens with zero attached hydrogens (tertiary/aromatic N) is 1. The summed E-state index contributed by atoms with van der Waals surface area (Å²) in [5.41, 5.74) is -4.79. The van der Waals surface area contributed by atoms with Crippen LogP contribution in [0, 0.1) is 0 Å². The Labute approximate surface area is 191 Å². The van der Waals surface area contributed by atoms with Crippen LogP contribution in [0.25, 0.3) is 0 Å². The number of carbonyl (C=O) groups is 1. The van der Waals surface area contributed by atoms with Crippen molar-refractivity contribution in [2.75, 3.05) is 6.56 Å². The predicted molar refractivity (Wildman–Crippen MR) is 113 cm³/mol. The Kier molecular flexibility index (Phi) is 6.04. The van der Waals surface area contributed by atoms with Gasteiger partial charge in [0.1, 0.15) is 29.6 Å². The molecule has 1 saturated heterocycles. The number of aliphatic hydroxyl groups excluding tert-OH is 1. The first-order chi connectivity index (χ1) is 16.6. The summed E-state index contributed by atoms with van der Waals surface area (Å²) < 4.78 is 53.6. The van der Waals surface area contributed by atoms with E-state index in [1.54, 1.807) is 6.07 Å². The summed E-state index contributed by atoms with van der Waals surface area (Å²) in [6.45, 7) is -1.22. The van der Waals surface area contributed by atoms with Crippen molar-refractivity contribution in [3.63, 3.8) is 0 Å². The maximum absolute atomic E-state index is 13.4. The number of aliphatic carboxylic acids is 1. The molecule has 0 bridgehead atoms. The zero-order valence-electron chi connectivity index (χ0n) is 20.4. The van der Waals surface area contributed by atoms with Crippen LogP contribution in [0.2, 0.25) is 0 Å². The van der Waals surface area contributed by atoms with Crippen molar-refractivity contribution in [3.8, 4) is 5.75 Å². The number of ether oxygens (including phenoxy) is 1. The molecule has 1 aromatic heterocycles. The molecule has 1 unspecified atom stereocenters. The lowest BCUT2D eigenvalue weighted by atomic mass is 9.96. The molecule has 3 rings (SSSR count). The Morgan fingerprint density at radius 2 is 2.12 bits per heavy atom. The molecule has 180 valence electrons. The molecule has 2 heterocycles. The van der Waals surface area contributed by atoms with Gasteiger partial charge in [-0.15, -0.1) is 0 Å². The van der Waals surface area contributed by atoms with E-state index < -0.39 is 67.6 Å². The number of hydrogen-bond donors (Lipinski definition) is 5. The van der Waals surface area contributed by atoms with Crippen LogP contribution in [0.4, 0.5) is 0 Å². The van der Waals surface area contributed by atoms with Crippen LogP contribution < -0.4 is 20.9 Å². The fourth-order valence-corrected chi connectivity index (χ4v) is 4.30. The minimum atomic E-state index is -4.86. The Balaban J connectivity index is 1.98. The summed E-state index contributed by atoms with van der Waals surface area (Å²) in [4.78, 5) is 38.0. The van der Waals surface area contributed by atoms with Crippen molar-refractivity contribution in [1.29, 1.82) is 0 Å². The standard InChI is InChI=1S/C19H24N3O10P/c1-11(16(25)26)21-33(29,32-12-6-4-3-5-7-12)30-10-13-15(24)19(2,28)17(31-13)22-14(23)8-9-20-18(22)27/h3-9,11,13,15,17,24,28H,10H2,1-2H3,(H,20,27)(H,21,29)(H,25,26)/t11-,13+,15+,17+,19+,33?/m0/s1/i8D,10D2. The summed E-state index contributed by atoms with van der Waals surface area (Å²) in [6, 6.07) is 5.05. The molecule has 0 radical (unpaired) electrons. The Hall–Kier alpha value is -2.80. The maximum Gasteiger partial charge on any atom is 0.459 e. The van der Waals surface area contributed by atoms with E-state index in [4.69, 9.17) is 17.9 Å². The molecule has 0 spiro atoms. The quantitative estimate of drug-likeness (QED) is 0.294. The third-order valence-corrected chi connectivity index (χ3v) is 6.20. The molecule has 1 fully saturated rings. The van der Waals surface area contributed by atoms with Crippen molar-refractivity contribution in [3.05, 3.63) is 63.4 Å². The topological polar surface area (TPSA) is 189 Å². The zero-order chi connectivity index (χ0) is 27.1. The van der Waals surface area contributed by atoms with E-state index in [2.05, 4.69) is 10.1 Å². The van der Waals surface area contributed by atoms with Gasteiger partial charge in [0.25, 0.3) is 5.56 Å². The highest BCUT2D eigenvalue weighted by atomic mass is 31.2. The van der Waals surface area contributed by atoms with Gasteiger partial charge in [-0.05, 0) is 26.0 Å². The van der Waals surface area contributed by atoms with Crippen molar-refractivity contribution in [2.24, 2.45) is 0 Å². The van der Waals surface area contributed by atoms with Crippen LogP contribution in [-0.4, -0.2) is 61.2 Å². The smallest absolute Gasteiger partial charge is 0.459 e. The average molecular weight is 488 g/mol. The molecule has 1 aliphatic heterocycles. The van der Waals surface area contributed by atoms with Gasteiger partial charge >= 0.3 is 19.4 Å². The molecule has 6 atom stereocenters. The summed E-state index contributed by atoms with van der Waals surface area (Å²) >= 11 is 0. The van der Waals surface area contributed by atoms with Crippen LogP contribution in [0.1, 0.15) is 24.2 Å². The molecule has 0 saturated carbocycles. The first-order valence-corrected chi connectivity index (χ1v) is 11.1. The van der Waals surface area contributed by atoms with Gasteiger partial charge in [0, 0.05) is 12.2 Å². The molecule has 1 aromatic carbocycles. The van der Waals surface area contributed by atoms with Crippen LogP contribution in [0.15, 0.2) is 52.2 Å². The predicted octanol–water partition coefficient (Wildman–Crippen LogP) is -0.188. The third-order valence-electron chi connectivity index (χ3n) is 4.70. The second-order valence-corrected chi connectivity index (χ2v) is 8.91. The first-order valence-electron chi connectivity index (χ1n) is 11.0. The third kappa shape index (κ3) is 5.41. The van der Waals surface area contributed by atoms with Crippen LogP contribution in [0.3, 0.4) is 0 Å². The number of benzene rings is 1. The highest BCUT2D eigenvalue weighted by Crippen LogP contribution is 2.46. The number of para-hydroxylation sites is 1. The molecule has 33 heavy (non-hydrogen) atoms. The molecule has 13 nitrogen and oxygen atoms in total. The molecular formula is C19H24N3O10P. The van der Waals surface area contributed by atoms with Gasteiger partial charge in [0.2, 0.25) is 0 Å². The van der Waals surface area contributed by atoms with Crippen molar-refractivity contribution in [2.45, 2.75) is 43.9 Å². The molecule has 1 aliphatic rings. The van der Waals surface area contributed by atoms with Crippen molar-refractivity contribution in [1.82, 2.24) is 14.6 Å². The normalized spacial score (nSPS) is 29.3. The summed E-state index contributed by atoms with van der Waals surface area (Å²) in [5, 5.41) is 32.8. The number of nitrogens with one attached hydrogen (secondary N) is 2. The fraction of sp³-hybridized carbons (Fsp3) is 0.421. The van der Waals surface area contributed by atoms with Gasteiger partial charge in [0.05, 0.1) is 10.7 Å². The van der Waals surface area contributed by atoms with Crippen molar-refractivity contribution < 1.29 is 42.6 Å². The van der Waals surface area contributed by atoms with Gasteiger partial charge in [-0.2, -0.15) is 5.09 Å². The maximum atomic E-state index is 13.4. The molecule has 5 N–H and O–H groups in total. The lowest BCUT2D eigenvalue weighted by Crippen LogP contribution is -2.49. The summed E-state index contributed by atoms with van der Waals surface area (Å²) in [7, 11) is -4.86. The lowest BCUT2D eigenvalue weighted by Gasteiger charge is -2.27. The van der Waals surface area contributed by atoms with Gasteiger partial charge in [-0.1, -0.05) is 18.2 Å². The number of aromatic nitrogens is 2. The zero-order valence-corrected chi connectivity index (χ0v) is 18.3. The molecule has 0 amide bonds. The summed E-state index contributed by atoms with van der Waals surface area (Å²) in [6.07, 6.45) is -5.53. The van der Waals surface area contributed by atoms with Gasteiger partial charge < -0.3 is 29.6 Å². The molecule has 14 heteroatoms. The second kappa shape index (κ2) is 9.59. The highest BCUT2D eigenvalue weighted by Gasteiger charge is 2.54. The van der Waals surface area contributed by atoms with E-state index >= 15 is 0 Å². The SMILES string of the molecule is [2H]c1c[nH]c(=O)n([C@@H]2O[C@H](C([2H])([2H])OP(=O)(N[C@@H](C)C(=O)O)Oc3ccccc3)[C@@H](O)[C@@]2(C)O)c1=O. The Morgan fingerprint density at radius 3 is 2.76 bits per heavy atom. The number of rotatable bonds is 9. The van der Waals surface area contributed by atoms with E-state index in [0.29, 0.717) is 0 Å². The van der Waals surface area contributed by atoms with E-state index in [1.807, 2.05) is 0 Å². The van der Waals surface area contributed by atoms with E-state index in [0.717, 1.165) is 20.0 Å². The lowest BCUT2D eigenvalue weighted by molar-refractivity contribution is -0.138. The molecular weight excluding hydrogens is 461 g/mol. The number of hydrogen-bond acceptors (Lipinski definition) is 9. The van der Waals surface area contributed by atoms with E-state index in [-0.39, 0.29) is 10.3 Å². The Bertz CT molecular complexity index is 1290. The van der Waals surface area contributed by atoms with Crippen LogP contribution in [0.5, 0.6) is 5.75 Å². The van der Waals surface area contributed by atoms with Gasteiger partial charge in [-0.25, -0.2) is 13.9 Å². The number of aliphatic hydroxyl groups is 2. The average Bonchev–Trinajstić information content (AvgIpc) is 3.01.